The lowest BCUT2D eigenvalue weighted by Gasteiger charge is -2.09. The van der Waals surface area contributed by atoms with Gasteiger partial charge >= 0.3 is 0 Å². The van der Waals surface area contributed by atoms with Gasteiger partial charge in [0.25, 0.3) is 0 Å². The summed E-state index contributed by atoms with van der Waals surface area (Å²) in [5.74, 6) is 3.08. The maximum absolute atomic E-state index is 6.10. The van der Waals surface area contributed by atoms with Gasteiger partial charge in [-0.2, -0.15) is 0 Å². The van der Waals surface area contributed by atoms with Gasteiger partial charge in [0.2, 0.25) is 0 Å². The third kappa shape index (κ3) is 4.71. The molecule has 0 amide bonds. The van der Waals surface area contributed by atoms with Gasteiger partial charge in [-0.05, 0) is 30.7 Å². The van der Waals surface area contributed by atoms with Crippen LogP contribution in [0.4, 0.5) is 0 Å². The molecule has 0 fully saturated rings. The Hall–Kier alpha value is -2.18. The number of ether oxygens (including phenoxy) is 2. The van der Waals surface area contributed by atoms with Crippen molar-refractivity contribution in [3.05, 3.63) is 64.9 Å². The van der Waals surface area contributed by atoms with Crippen LogP contribution in [0.25, 0.3) is 0 Å². The summed E-state index contributed by atoms with van der Waals surface area (Å²) in [6.45, 7) is 2.96. The van der Waals surface area contributed by atoms with E-state index in [0.29, 0.717) is 24.0 Å². The zero-order valence-electron chi connectivity index (χ0n) is 14.7. The van der Waals surface area contributed by atoms with E-state index in [4.69, 9.17) is 21.1 Å². The van der Waals surface area contributed by atoms with Crippen molar-refractivity contribution in [1.82, 2.24) is 14.8 Å². The number of hydrogen-bond donors (Lipinski definition) is 0. The van der Waals surface area contributed by atoms with Gasteiger partial charge in [0, 0.05) is 12.8 Å². The Labute approximate surface area is 162 Å². The van der Waals surface area contributed by atoms with E-state index in [9.17, 15) is 0 Å². The number of aromatic nitrogens is 3. The van der Waals surface area contributed by atoms with Crippen molar-refractivity contribution in [3.8, 4) is 11.5 Å². The summed E-state index contributed by atoms with van der Waals surface area (Å²) < 4.78 is 13.5. The predicted molar refractivity (Wildman–Crippen MR) is 104 cm³/mol. The van der Waals surface area contributed by atoms with Crippen molar-refractivity contribution in [2.45, 2.75) is 18.7 Å². The summed E-state index contributed by atoms with van der Waals surface area (Å²) in [7, 11) is 1.93. The molecule has 0 atom stereocenters. The van der Waals surface area contributed by atoms with Crippen LogP contribution in [0.3, 0.4) is 0 Å². The van der Waals surface area contributed by atoms with E-state index in [1.165, 1.54) is 0 Å². The molecule has 0 aliphatic carbocycles. The number of thioether (sulfide) groups is 1. The van der Waals surface area contributed by atoms with Crippen molar-refractivity contribution < 1.29 is 9.47 Å². The highest BCUT2D eigenvalue weighted by atomic mass is 35.5. The lowest BCUT2D eigenvalue weighted by molar-refractivity contribution is 0.290. The summed E-state index contributed by atoms with van der Waals surface area (Å²) in [6, 6.07) is 15.4. The maximum atomic E-state index is 6.10. The second kappa shape index (κ2) is 8.96. The normalized spacial score (nSPS) is 10.7. The molecule has 26 heavy (non-hydrogen) atoms. The third-order valence-electron chi connectivity index (χ3n) is 3.78. The molecule has 2 aromatic carbocycles. The Morgan fingerprint density at radius 2 is 1.73 bits per heavy atom. The second-order valence-electron chi connectivity index (χ2n) is 5.64. The van der Waals surface area contributed by atoms with Gasteiger partial charge < -0.3 is 14.0 Å². The highest BCUT2D eigenvalue weighted by Crippen LogP contribution is 2.24. The average molecular weight is 390 g/mol. The van der Waals surface area contributed by atoms with Crippen molar-refractivity contribution in [1.29, 1.82) is 0 Å². The molecule has 0 N–H and O–H groups in total. The zero-order valence-corrected chi connectivity index (χ0v) is 16.3. The van der Waals surface area contributed by atoms with E-state index in [-0.39, 0.29) is 0 Å². The summed E-state index contributed by atoms with van der Waals surface area (Å²) in [6.07, 6.45) is 0. The molecule has 1 aromatic heterocycles. The van der Waals surface area contributed by atoms with Crippen LogP contribution in [0.15, 0.2) is 53.7 Å². The Kier molecular flexibility index (Phi) is 6.41. The lowest BCUT2D eigenvalue weighted by Crippen LogP contribution is -2.05. The standard InChI is InChI=1S/C19H20ClN3O2S/c1-14-7-3-5-9-16(14)24-11-12-26-19-22-21-18(23(19)2)13-25-17-10-6-4-8-15(17)20/h3-10H,11-13H2,1-2H3. The number of nitrogens with zero attached hydrogens (tertiary/aromatic N) is 3. The SMILES string of the molecule is Cc1ccccc1OCCSc1nnc(COc2ccccc2Cl)n1C. The fraction of sp³-hybridized carbons (Fsp3) is 0.263. The van der Waals surface area contributed by atoms with Gasteiger partial charge in [0.15, 0.2) is 11.0 Å². The quantitative estimate of drug-likeness (QED) is 0.418. The summed E-state index contributed by atoms with van der Waals surface area (Å²) >= 11 is 7.70. The van der Waals surface area contributed by atoms with Crippen molar-refractivity contribution in [2.75, 3.05) is 12.4 Å². The van der Waals surface area contributed by atoms with Crippen LogP contribution in [0, 0.1) is 6.92 Å². The van der Waals surface area contributed by atoms with Gasteiger partial charge in [-0.25, -0.2) is 0 Å². The van der Waals surface area contributed by atoms with Crippen molar-refractivity contribution in [2.24, 2.45) is 7.05 Å². The topological polar surface area (TPSA) is 49.2 Å². The molecule has 136 valence electrons. The third-order valence-corrected chi connectivity index (χ3v) is 5.08. The molecule has 0 radical (unpaired) electrons. The van der Waals surface area contributed by atoms with E-state index in [0.717, 1.165) is 28.0 Å². The fourth-order valence-corrected chi connectivity index (χ4v) is 3.24. The van der Waals surface area contributed by atoms with Gasteiger partial charge in [-0.3, -0.25) is 0 Å². The minimum atomic E-state index is 0.313. The number of rotatable bonds is 8. The fourth-order valence-electron chi connectivity index (χ4n) is 2.30. The van der Waals surface area contributed by atoms with E-state index in [1.807, 2.05) is 61.0 Å². The molecule has 3 rings (SSSR count). The molecule has 5 nitrogen and oxygen atoms in total. The Morgan fingerprint density at radius 3 is 2.50 bits per heavy atom. The molecule has 0 aliphatic rings. The lowest BCUT2D eigenvalue weighted by atomic mass is 10.2. The first-order chi connectivity index (χ1) is 12.6. The largest absolute Gasteiger partial charge is 0.492 e. The van der Waals surface area contributed by atoms with Crippen molar-refractivity contribution >= 4 is 23.4 Å². The van der Waals surface area contributed by atoms with Gasteiger partial charge in [0.1, 0.15) is 18.1 Å². The first-order valence-electron chi connectivity index (χ1n) is 8.22. The van der Waals surface area contributed by atoms with Crippen LogP contribution in [-0.2, 0) is 13.7 Å². The molecule has 7 heteroatoms. The van der Waals surface area contributed by atoms with Crippen LogP contribution in [0.2, 0.25) is 5.02 Å². The first kappa shape index (κ1) is 18.6. The molecular formula is C19H20ClN3O2S. The molecule has 1 heterocycles. The zero-order chi connectivity index (χ0) is 18.4. The number of aryl methyl sites for hydroxylation is 1. The average Bonchev–Trinajstić information content (AvgIpc) is 2.99. The molecule has 0 saturated heterocycles. The maximum Gasteiger partial charge on any atom is 0.191 e. The van der Waals surface area contributed by atoms with Crippen LogP contribution >= 0.6 is 23.4 Å². The van der Waals surface area contributed by atoms with Gasteiger partial charge in [0.05, 0.1) is 11.6 Å². The highest BCUT2D eigenvalue weighted by Gasteiger charge is 2.11. The Morgan fingerprint density at radius 1 is 1.00 bits per heavy atom. The smallest absolute Gasteiger partial charge is 0.191 e. The Bertz CT molecular complexity index is 869. The molecule has 0 spiro atoms. The molecular weight excluding hydrogens is 370 g/mol. The van der Waals surface area contributed by atoms with E-state index in [2.05, 4.69) is 10.2 Å². The second-order valence-corrected chi connectivity index (χ2v) is 7.11. The highest BCUT2D eigenvalue weighted by molar-refractivity contribution is 7.99. The minimum absolute atomic E-state index is 0.313. The minimum Gasteiger partial charge on any atom is -0.492 e. The molecule has 0 unspecified atom stereocenters. The van der Waals surface area contributed by atoms with Gasteiger partial charge in [-0.15, -0.1) is 10.2 Å². The molecule has 0 bridgehead atoms. The van der Waals surface area contributed by atoms with Crippen LogP contribution in [0.1, 0.15) is 11.4 Å². The molecule has 0 aliphatic heterocycles. The van der Waals surface area contributed by atoms with Crippen LogP contribution in [-0.4, -0.2) is 27.1 Å². The summed E-state index contributed by atoms with van der Waals surface area (Å²) in [4.78, 5) is 0. The van der Waals surface area contributed by atoms with Crippen LogP contribution in [0.5, 0.6) is 11.5 Å². The van der Waals surface area contributed by atoms with Crippen LogP contribution < -0.4 is 9.47 Å². The predicted octanol–water partition coefficient (Wildman–Crippen LogP) is 4.53. The number of hydrogen-bond acceptors (Lipinski definition) is 5. The monoisotopic (exact) mass is 389 g/mol. The number of benzene rings is 2. The Balaban J connectivity index is 1.49. The van der Waals surface area contributed by atoms with E-state index in [1.54, 1.807) is 17.8 Å². The van der Waals surface area contributed by atoms with Crippen molar-refractivity contribution in [3.63, 3.8) is 0 Å². The summed E-state index contributed by atoms with van der Waals surface area (Å²) in [5, 5.41) is 9.83. The van der Waals surface area contributed by atoms with E-state index < -0.39 is 0 Å². The first-order valence-corrected chi connectivity index (χ1v) is 9.58. The van der Waals surface area contributed by atoms with E-state index >= 15 is 0 Å². The number of para-hydroxylation sites is 2. The van der Waals surface area contributed by atoms with Gasteiger partial charge in [-0.1, -0.05) is 53.7 Å². The molecule has 0 saturated carbocycles. The summed E-state index contributed by atoms with van der Waals surface area (Å²) in [5.41, 5.74) is 1.13. The number of halogens is 1. The molecule has 3 aromatic rings.